The van der Waals surface area contributed by atoms with Gasteiger partial charge in [0.2, 0.25) is 17.7 Å². The van der Waals surface area contributed by atoms with Crippen LogP contribution in [0.3, 0.4) is 0 Å². The summed E-state index contributed by atoms with van der Waals surface area (Å²) < 4.78 is 28.7. The van der Waals surface area contributed by atoms with Crippen molar-refractivity contribution >= 4 is 51.9 Å². The summed E-state index contributed by atoms with van der Waals surface area (Å²) in [5.41, 5.74) is 9.60. The molecular formula is C55H74N8O9S. The Labute approximate surface area is 432 Å². The van der Waals surface area contributed by atoms with Gasteiger partial charge in [-0.25, -0.2) is 5.43 Å². The number of hydrogen-bond donors (Lipinski definition) is 3. The number of fused-ring (bicyclic) bond motifs is 6. The minimum absolute atomic E-state index is 0.0300. The molecule has 1 saturated carbocycles. The van der Waals surface area contributed by atoms with Crippen molar-refractivity contribution in [2.75, 3.05) is 40.9 Å². The second-order valence-electron chi connectivity index (χ2n) is 22.6. The van der Waals surface area contributed by atoms with Crippen molar-refractivity contribution in [2.24, 2.45) is 17.3 Å². The minimum atomic E-state index is -1.40. The Balaban J connectivity index is 1.12. The van der Waals surface area contributed by atoms with Gasteiger partial charge in [-0.1, -0.05) is 39.8 Å². The number of carbonyl (C=O) groups is 5. The van der Waals surface area contributed by atoms with Crippen LogP contribution in [0.25, 0.3) is 33.3 Å². The second-order valence-corrected chi connectivity index (χ2v) is 24.7. The Morgan fingerprint density at radius 2 is 1.81 bits per heavy atom. The number of aryl methyl sites for hydroxylation is 1. The second kappa shape index (κ2) is 21.4. The Morgan fingerprint density at radius 1 is 1.07 bits per heavy atom. The van der Waals surface area contributed by atoms with E-state index in [1.54, 1.807) is 50.6 Å². The van der Waals surface area contributed by atoms with E-state index in [0.29, 0.717) is 49.5 Å². The Hall–Kier alpha value is -5.53. The van der Waals surface area contributed by atoms with Crippen molar-refractivity contribution in [3.63, 3.8) is 0 Å². The molecule has 394 valence electrons. The number of nitrogens with zero attached hydrogens (tertiary/aromatic N) is 6. The highest BCUT2D eigenvalue weighted by molar-refractivity contribution is 7.90. The van der Waals surface area contributed by atoms with Crippen molar-refractivity contribution in [3.05, 3.63) is 71.5 Å². The third kappa shape index (κ3) is 11.4. The molecule has 1 unspecified atom stereocenters. The maximum Gasteiger partial charge on any atom is 0.324 e. The zero-order valence-electron chi connectivity index (χ0n) is 44.3. The van der Waals surface area contributed by atoms with Gasteiger partial charge in [-0.15, -0.1) is 4.31 Å². The van der Waals surface area contributed by atoms with Crippen LogP contribution < -0.4 is 10.7 Å². The molecule has 18 heteroatoms. The van der Waals surface area contributed by atoms with Gasteiger partial charge >= 0.3 is 5.97 Å². The number of cyclic esters (lactones) is 1. The lowest BCUT2D eigenvalue weighted by Crippen LogP contribution is -2.62. The van der Waals surface area contributed by atoms with E-state index in [9.17, 15) is 33.6 Å². The lowest BCUT2D eigenvalue weighted by atomic mass is 9.84. The number of ether oxygens (including phenoxy) is 2. The maximum absolute atomic E-state index is 14.8. The average molecular weight is 1020 g/mol. The summed E-state index contributed by atoms with van der Waals surface area (Å²) in [6.45, 7) is 16.5. The molecule has 0 spiro atoms. The first kappa shape index (κ1) is 53.8. The summed E-state index contributed by atoms with van der Waals surface area (Å²) in [5, 5.41) is 16.7. The zero-order chi connectivity index (χ0) is 52.8. The van der Waals surface area contributed by atoms with E-state index in [0.717, 1.165) is 51.7 Å². The van der Waals surface area contributed by atoms with Gasteiger partial charge in [0.1, 0.15) is 28.6 Å². The smallest absolute Gasteiger partial charge is 0.324 e. The standard InChI is InChI=1S/C55H74N8O9S/c1-12-61-44-18-17-35-26-39(44)40(48(61)41-28-56-20-19-36(41)30-71-11)27-55(7,8)31-72-53(69)42-14-13-21-62(58-42)51(67)43(24-33-22-37(35)25-38(64)23-33)57-50(66)46(32(2)3)60(10)45(65)29-59(9)52(68)49-47(34-15-16-34)63(49)73(70)54(4,5)6/h17-20,22-23,25-26,28,32,34,42-43,46-47,49,58,64H,12-16,21,24,27,29-31H2,1-11H3,(H,57,66)/t42-,43-,46-,47-,49-,63?,73-/m0/s1. The van der Waals surface area contributed by atoms with E-state index in [1.165, 1.54) is 21.9 Å². The van der Waals surface area contributed by atoms with Crippen LogP contribution >= 0.6 is 0 Å². The number of nitrogens with one attached hydrogen (secondary N) is 2. The number of carbonyl (C=O) groups excluding carboxylic acids is 5. The number of aromatic nitrogens is 2. The number of phenolic OH excluding ortho intramolecular Hbond substituents is 1. The van der Waals surface area contributed by atoms with E-state index < -0.39 is 75.3 Å². The maximum atomic E-state index is 14.8. The van der Waals surface area contributed by atoms with Crippen LogP contribution in [-0.4, -0.2) is 144 Å². The summed E-state index contributed by atoms with van der Waals surface area (Å²) in [6.07, 6.45) is 6.96. The van der Waals surface area contributed by atoms with Gasteiger partial charge in [0.15, 0.2) is 6.04 Å². The largest absolute Gasteiger partial charge is 0.597 e. The van der Waals surface area contributed by atoms with E-state index in [4.69, 9.17) is 9.47 Å². The first-order valence-corrected chi connectivity index (χ1v) is 26.8. The molecule has 4 aliphatic rings. The van der Waals surface area contributed by atoms with Crippen LogP contribution in [-0.2, 0) is 70.8 Å². The highest BCUT2D eigenvalue weighted by Crippen LogP contribution is 2.51. The number of hydrazine groups is 1. The monoisotopic (exact) mass is 1020 g/mol. The summed E-state index contributed by atoms with van der Waals surface area (Å²) in [4.78, 5) is 78.7. The molecule has 6 bridgehead atoms. The Kier molecular flexibility index (Phi) is 15.7. The fourth-order valence-electron chi connectivity index (χ4n) is 10.8. The molecule has 3 N–H and O–H groups in total. The van der Waals surface area contributed by atoms with Crippen molar-refractivity contribution in [1.29, 1.82) is 0 Å². The number of amides is 4. The van der Waals surface area contributed by atoms with E-state index in [2.05, 4.69) is 53.2 Å². The molecule has 73 heavy (non-hydrogen) atoms. The lowest BCUT2D eigenvalue weighted by Gasteiger charge is -2.37. The van der Waals surface area contributed by atoms with Crippen molar-refractivity contribution in [1.82, 2.24) is 39.4 Å². The van der Waals surface area contributed by atoms with Gasteiger partial charge in [-0.05, 0) is 130 Å². The number of aromatic hydroxyl groups is 1. The fraction of sp³-hybridized carbons (Fsp3) is 0.564. The van der Waals surface area contributed by atoms with Gasteiger partial charge in [0.25, 0.3) is 5.91 Å². The zero-order valence-corrected chi connectivity index (χ0v) is 45.1. The third-order valence-electron chi connectivity index (χ3n) is 14.6. The van der Waals surface area contributed by atoms with Crippen molar-refractivity contribution < 1.29 is 43.1 Å². The molecule has 0 radical (unpaired) electrons. The summed E-state index contributed by atoms with van der Waals surface area (Å²) in [7, 11) is 4.74. The highest BCUT2D eigenvalue weighted by Gasteiger charge is 2.67. The Bertz CT molecular complexity index is 2750. The van der Waals surface area contributed by atoms with Crippen LogP contribution in [0.4, 0.5) is 0 Å². The number of methoxy groups -OCH3 is 1. The van der Waals surface area contributed by atoms with Crippen molar-refractivity contribution in [2.45, 2.75) is 142 Å². The van der Waals surface area contributed by atoms with Crippen LogP contribution in [0, 0.1) is 17.3 Å². The normalized spacial score (nSPS) is 23.1. The van der Waals surface area contributed by atoms with Gasteiger partial charge in [0, 0.05) is 86.4 Å². The summed E-state index contributed by atoms with van der Waals surface area (Å²) in [5.74, 6) is -2.52. The van der Waals surface area contributed by atoms with Gasteiger partial charge in [0.05, 0.1) is 31.5 Å². The molecule has 3 aliphatic heterocycles. The predicted molar refractivity (Wildman–Crippen MR) is 280 cm³/mol. The summed E-state index contributed by atoms with van der Waals surface area (Å²) in [6, 6.07) is 9.52. The molecule has 5 heterocycles. The van der Waals surface area contributed by atoms with Crippen molar-refractivity contribution in [3.8, 4) is 28.1 Å². The lowest BCUT2D eigenvalue weighted by molar-refractivity contribution is -0.155. The van der Waals surface area contributed by atoms with E-state index >= 15 is 0 Å². The van der Waals surface area contributed by atoms with Gasteiger partial charge < -0.3 is 38.8 Å². The highest BCUT2D eigenvalue weighted by atomic mass is 32.2. The van der Waals surface area contributed by atoms with Crippen LogP contribution in [0.2, 0.25) is 0 Å². The molecular weight excluding hydrogens is 949 g/mol. The molecule has 1 aliphatic carbocycles. The molecule has 17 nitrogen and oxygen atoms in total. The van der Waals surface area contributed by atoms with Gasteiger partial charge in [-0.2, -0.15) is 0 Å². The number of hydrogen-bond acceptors (Lipinski definition) is 12. The van der Waals surface area contributed by atoms with Crippen LogP contribution in [0.1, 0.15) is 97.8 Å². The number of esters is 1. The molecule has 7 atom stereocenters. The number of likely N-dealkylation sites (N-methyl/N-ethyl adjacent to an activating group) is 2. The van der Waals surface area contributed by atoms with Crippen LogP contribution in [0.5, 0.6) is 5.75 Å². The molecule has 4 amide bonds. The predicted octanol–water partition coefficient (Wildman–Crippen LogP) is 5.76. The minimum Gasteiger partial charge on any atom is -0.597 e. The number of pyridine rings is 1. The SMILES string of the molecule is CCn1c(-c2cnccc2COC)c2c3cc(ccc31)-c1cc(O)cc(c1)C[C@H](NC(=O)[C@H](C(C)C)N(C)C(=O)CN(C)C(=O)[C@@H]1[C@H](C3CC3)N1[S@@+]([O-])C(C)(C)C)C(=O)N1CCC[C@H](N1)C(=O)OCC(C)(C)C2. The topological polar surface area (TPSA) is 202 Å². The average Bonchev–Trinajstić information content (AvgIpc) is 4.28. The third-order valence-corrected chi connectivity index (χ3v) is 16.5. The summed E-state index contributed by atoms with van der Waals surface area (Å²) >= 11 is -1.40. The number of phenols is 1. The molecule has 2 aromatic heterocycles. The first-order chi connectivity index (χ1) is 34.5. The number of rotatable bonds is 13. The van der Waals surface area contributed by atoms with E-state index in [-0.39, 0.29) is 43.8 Å². The molecule has 3 fully saturated rings. The first-order valence-electron chi connectivity index (χ1n) is 25.7. The fourth-order valence-corrected chi connectivity index (χ4v) is 12.3. The van der Waals surface area contributed by atoms with E-state index in [1.807, 2.05) is 45.2 Å². The molecule has 2 saturated heterocycles. The Morgan fingerprint density at radius 3 is 2.48 bits per heavy atom. The number of benzene rings is 2. The van der Waals surface area contributed by atoms with Crippen LogP contribution in [0.15, 0.2) is 54.9 Å². The molecule has 4 aromatic rings. The quantitative estimate of drug-likeness (QED) is 0.0833. The van der Waals surface area contributed by atoms with Gasteiger partial charge in [-0.3, -0.25) is 34.0 Å². The molecule has 2 aromatic carbocycles. The molecule has 8 rings (SSSR count).